The average molecular weight is 396 g/mol. The van der Waals surface area contributed by atoms with Crippen LogP contribution in [0.5, 0.6) is 0 Å². The summed E-state index contributed by atoms with van der Waals surface area (Å²) >= 11 is 6.42. The zero-order chi connectivity index (χ0) is 19.3. The normalized spacial score (nSPS) is 15.1. The fraction of sp³-hybridized carbons (Fsp3) is 0.273. The van der Waals surface area contributed by atoms with E-state index in [2.05, 4.69) is 46.2 Å². The smallest absolute Gasteiger partial charge is 0.269 e. The lowest BCUT2D eigenvalue weighted by molar-refractivity contribution is 0.122. The van der Waals surface area contributed by atoms with Gasteiger partial charge in [-0.2, -0.15) is 4.98 Å². The van der Waals surface area contributed by atoms with Crippen LogP contribution >= 0.6 is 11.6 Å². The van der Waals surface area contributed by atoms with E-state index in [1.807, 2.05) is 30.3 Å². The molecule has 1 aromatic heterocycles. The van der Waals surface area contributed by atoms with Crippen molar-refractivity contribution >= 4 is 28.4 Å². The molecule has 2 heterocycles. The lowest BCUT2D eigenvalue weighted by Gasteiger charge is -2.28. The number of morpholine rings is 1. The molecule has 1 aliphatic rings. The molecule has 0 saturated carbocycles. The Morgan fingerprint density at radius 3 is 2.46 bits per heavy atom. The first-order chi connectivity index (χ1) is 13.7. The number of benzene rings is 2. The van der Waals surface area contributed by atoms with Gasteiger partial charge in [0, 0.05) is 24.3 Å². The highest BCUT2D eigenvalue weighted by Gasteiger charge is 2.13. The van der Waals surface area contributed by atoms with Gasteiger partial charge in [-0.05, 0) is 35.8 Å². The lowest BCUT2D eigenvalue weighted by atomic mass is 10.1. The van der Waals surface area contributed by atoms with Crippen molar-refractivity contribution in [3.8, 4) is 11.4 Å². The van der Waals surface area contributed by atoms with Crippen molar-refractivity contribution in [2.45, 2.75) is 13.3 Å². The third-order valence-corrected chi connectivity index (χ3v) is 5.08. The average Bonchev–Trinajstić information content (AvgIpc) is 3.25. The minimum absolute atomic E-state index is 0.313. The van der Waals surface area contributed by atoms with Crippen LogP contribution < -0.4 is 4.90 Å². The molecule has 0 atom stereocenters. The number of anilines is 1. The summed E-state index contributed by atoms with van der Waals surface area (Å²) in [6.45, 7) is 5.50. The predicted molar refractivity (Wildman–Crippen MR) is 112 cm³/mol. The molecule has 4 rings (SSSR count). The van der Waals surface area contributed by atoms with Gasteiger partial charge in [-0.25, -0.2) is 0 Å². The molecule has 0 amide bonds. The van der Waals surface area contributed by atoms with E-state index in [0.717, 1.165) is 43.9 Å². The standard InChI is InChI=1S/C22H22ClN3O2/c1-2-16-3-7-18(8-4-16)21-24-22(28-25-21)20(23)15-17-5-9-19(10-6-17)26-11-13-27-14-12-26/h3-10,15H,2,11-14H2,1H3/b20-15-. The van der Waals surface area contributed by atoms with Crippen molar-refractivity contribution in [1.29, 1.82) is 0 Å². The van der Waals surface area contributed by atoms with Crippen LogP contribution in [0.3, 0.4) is 0 Å². The van der Waals surface area contributed by atoms with Crippen molar-refractivity contribution in [1.82, 2.24) is 10.1 Å². The molecule has 28 heavy (non-hydrogen) atoms. The maximum absolute atomic E-state index is 6.42. The van der Waals surface area contributed by atoms with Crippen LogP contribution in [0.1, 0.15) is 23.9 Å². The molecule has 1 fully saturated rings. The molecule has 0 radical (unpaired) electrons. The zero-order valence-electron chi connectivity index (χ0n) is 15.8. The second-order valence-electron chi connectivity index (χ2n) is 6.66. The summed E-state index contributed by atoms with van der Waals surface area (Å²) in [5.74, 6) is 0.848. The monoisotopic (exact) mass is 395 g/mol. The number of hydrogen-bond donors (Lipinski definition) is 0. The summed E-state index contributed by atoms with van der Waals surface area (Å²) in [5.41, 5.74) is 4.35. The SMILES string of the molecule is CCc1ccc(-c2noc(/C(Cl)=C/c3ccc(N4CCOCC4)cc3)n2)cc1. The van der Waals surface area contributed by atoms with E-state index in [9.17, 15) is 0 Å². The Hall–Kier alpha value is -2.63. The number of halogens is 1. The summed E-state index contributed by atoms with van der Waals surface area (Å²) in [7, 11) is 0. The number of hydrogen-bond acceptors (Lipinski definition) is 5. The van der Waals surface area contributed by atoms with Crippen LogP contribution in [0.4, 0.5) is 5.69 Å². The lowest BCUT2D eigenvalue weighted by Crippen LogP contribution is -2.36. The van der Waals surface area contributed by atoms with E-state index in [4.69, 9.17) is 20.9 Å². The molecule has 0 bridgehead atoms. The first-order valence-corrected chi connectivity index (χ1v) is 9.84. The fourth-order valence-corrected chi connectivity index (χ4v) is 3.34. The van der Waals surface area contributed by atoms with Crippen LogP contribution in [-0.2, 0) is 11.2 Å². The van der Waals surface area contributed by atoms with E-state index in [1.54, 1.807) is 0 Å². The van der Waals surface area contributed by atoms with Gasteiger partial charge < -0.3 is 14.2 Å². The van der Waals surface area contributed by atoms with E-state index in [-0.39, 0.29) is 0 Å². The van der Waals surface area contributed by atoms with E-state index in [0.29, 0.717) is 16.7 Å². The van der Waals surface area contributed by atoms with E-state index >= 15 is 0 Å². The van der Waals surface area contributed by atoms with E-state index in [1.165, 1.54) is 11.3 Å². The van der Waals surface area contributed by atoms with Gasteiger partial charge >= 0.3 is 0 Å². The molecule has 3 aromatic rings. The maximum Gasteiger partial charge on any atom is 0.269 e. The quantitative estimate of drug-likeness (QED) is 0.616. The van der Waals surface area contributed by atoms with Gasteiger partial charge in [0.1, 0.15) is 5.03 Å². The Kier molecular flexibility index (Phi) is 5.74. The highest BCUT2D eigenvalue weighted by molar-refractivity contribution is 6.50. The summed E-state index contributed by atoms with van der Waals surface area (Å²) in [5, 5.41) is 4.47. The summed E-state index contributed by atoms with van der Waals surface area (Å²) < 4.78 is 10.7. The van der Waals surface area contributed by atoms with Gasteiger partial charge in [0.15, 0.2) is 0 Å². The first-order valence-electron chi connectivity index (χ1n) is 9.46. The molecule has 1 aliphatic heterocycles. The van der Waals surface area contributed by atoms with Gasteiger partial charge in [-0.15, -0.1) is 0 Å². The molecule has 0 unspecified atom stereocenters. The molecule has 0 spiro atoms. The third kappa shape index (κ3) is 4.26. The van der Waals surface area contributed by atoms with Crippen molar-refractivity contribution in [3.63, 3.8) is 0 Å². The van der Waals surface area contributed by atoms with Crippen LogP contribution in [-0.4, -0.2) is 36.4 Å². The Morgan fingerprint density at radius 1 is 1.07 bits per heavy atom. The first kappa shape index (κ1) is 18.7. The predicted octanol–water partition coefficient (Wildman–Crippen LogP) is 4.87. The van der Waals surface area contributed by atoms with Gasteiger partial charge in [-0.1, -0.05) is 60.1 Å². The largest absolute Gasteiger partial charge is 0.378 e. The molecule has 5 nitrogen and oxygen atoms in total. The van der Waals surface area contributed by atoms with Crippen molar-refractivity contribution < 1.29 is 9.26 Å². The minimum Gasteiger partial charge on any atom is -0.378 e. The second kappa shape index (κ2) is 8.59. The third-order valence-electron chi connectivity index (χ3n) is 4.81. The van der Waals surface area contributed by atoms with Crippen molar-refractivity contribution in [2.24, 2.45) is 0 Å². The number of aryl methyl sites for hydroxylation is 1. The Bertz CT molecular complexity index is 943. The topological polar surface area (TPSA) is 51.4 Å². The summed E-state index contributed by atoms with van der Waals surface area (Å²) in [6, 6.07) is 16.4. The highest BCUT2D eigenvalue weighted by atomic mass is 35.5. The minimum atomic E-state index is 0.313. The van der Waals surface area contributed by atoms with Crippen LogP contribution in [0.15, 0.2) is 53.1 Å². The van der Waals surface area contributed by atoms with Gasteiger partial charge in [0.05, 0.1) is 13.2 Å². The molecular weight excluding hydrogens is 374 g/mol. The number of rotatable bonds is 5. The summed E-state index contributed by atoms with van der Waals surface area (Å²) in [4.78, 5) is 6.74. The van der Waals surface area contributed by atoms with E-state index < -0.39 is 0 Å². The molecule has 0 N–H and O–H groups in total. The number of aromatic nitrogens is 2. The van der Waals surface area contributed by atoms with Gasteiger partial charge in [0.2, 0.25) is 5.82 Å². The maximum atomic E-state index is 6.42. The van der Waals surface area contributed by atoms with Crippen molar-refractivity contribution in [2.75, 3.05) is 31.2 Å². The van der Waals surface area contributed by atoms with Crippen LogP contribution in [0.2, 0.25) is 0 Å². The molecular formula is C22H22ClN3O2. The molecule has 1 saturated heterocycles. The molecule has 6 heteroatoms. The molecule has 2 aromatic carbocycles. The Labute approximate surface area is 169 Å². The summed E-state index contributed by atoms with van der Waals surface area (Å²) in [6.07, 6.45) is 2.83. The number of ether oxygens (including phenoxy) is 1. The molecule has 0 aliphatic carbocycles. The number of nitrogens with zero attached hydrogens (tertiary/aromatic N) is 3. The highest BCUT2D eigenvalue weighted by Crippen LogP contribution is 2.25. The van der Waals surface area contributed by atoms with Gasteiger partial charge in [-0.3, -0.25) is 0 Å². The molecule has 144 valence electrons. The van der Waals surface area contributed by atoms with Crippen molar-refractivity contribution in [3.05, 3.63) is 65.5 Å². The van der Waals surface area contributed by atoms with Crippen LogP contribution in [0, 0.1) is 0 Å². The Morgan fingerprint density at radius 2 is 1.79 bits per heavy atom. The Balaban J connectivity index is 1.48. The van der Waals surface area contributed by atoms with Crippen LogP contribution in [0.25, 0.3) is 22.5 Å². The fourth-order valence-electron chi connectivity index (χ4n) is 3.14. The second-order valence-corrected chi connectivity index (χ2v) is 7.06. The zero-order valence-corrected chi connectivity index (χ0v) is 16.5. The van der Waals surface area contributed by atoms with Gasteiger partial charge in [0.25, 0.3) is 5.89 Å².